The Morgan fingerprint density at radius 2 is 0.870 bits per heavy atom. The van der Waals surface area contributed by atoms with Crippen LogP contribution in [-0.2, 0) is 28.2 Å². The topological polar surface area (TPSA) is 119 Å². The van der Waals surface area contributed by atoms with Crippen LogP contribution < -0.4 is 0 Å². The van der Waals surface area contributed by atoms with Crippen LogP contribution >= 0.6 is 7.82 Å². The summed E-state index contributed by atoms with van der Waals surface area (Å²) in [4.78, 5) is 42.9. The Bertz CT molecular complexity index is 1100. The third-order valence-corrected chi connectivity index (χ3v) is 9.16. The number of esters is 2. The van der Waals surface area contributed by atoms with E-state index in [0.29, 0.717) is 12.8 Å². The van der Waals surface area contributed by atoms with Crippen LogP contribution in [0, 0.1) is 0 Å². The highest BCUT2D eigenvalue weighted by Gasteiger charge is 2.22. The number of hydrogen-bond donors (Lipinski definition) is 2. The van der Waals surface area contributed by atoms with Crippen LogP contribution in [0.25, 0.3) is 0 Å². The molecule has 54 heavy (non-hydrogen) atoms. The number of ether oxygens (including phenoxy) is 2. The van der Waals surface area contributed by atoms with Crippen LogP contribution in [0.15, 0.2) is 72.9 Å². The molecule has 2 N–H and O–H groups in total. The van der Waals surface area contributed by atoms with Crippen molar-refractivity contribution in [1.29, 1.82) is 0 Å². The molecule has 0 unspecified atom stereocenters. The fraction of sp³-hybridized carbons (Fsp3) is 0.689. The molecule has 0 aromatic carbocycles. The van der Waals surface area contributed by atoms with Crippen LogP contribution in [0.4, 0.5) is 0 Å². The average molecular weight is 777 g/mol. The van der Waals surface area contributed by atoms with Gasteiger partial charge in [0.05, 0.1) is 6.61 Å². The Labute approximate surface area is 329 Å². The number of rotatable bonds is 38. The van der Waals surface area contributed by atoms with Gasteiger partial charge in [-0.2, -0.15) is 0 Å². The molecular formula is C45H77O8P. The van der Waals surface area contributed by atoms with Gasteiger partial charge in [-0.1, -0.05) is 157 Å². The first-order chi connectivity index (χ1) is 26.3. The van der Waals surface area contributed by atoms with Gasteiger partial charge in [-0.3, -0.25) is 14.1 Å². The number of allylic oxidation sites excluding steroid dienone is 12. The van der Waals surface area contributed by atoms with Crippen LogP contribution in [0.2, 0.25) is 0 Å². The van der Waals surface area contributed by atoms with Crippen molar-refractivity contribution in [1.82, 2.24) is 0 Å². The molecule has 0 aliphatic heterocycles. The zero-order chi connectivity index (χ0) is 39.6. The van der Waals surface area contributed by atoms with E-state index < -0.39 is 32.5 Å². The molecule has 0 saturated carbocycles. The van der Waals surface area contributed by atoms with Crippen molar-refractivity contribution in [2.45, 2.75) is 187 Å². The summed E-state index contributed by atoms with van der Waals surface area (Å²) in [6.45, 7) is 3.56. The SMILES string of the molecule is CCC/C=C/C/C=C/C/C=C/C/C=C/CCCCCC(=O)OC[C@H](COP(=O)(O)O)OC(=O)CCCCCCCCCCC/C=C/C/C=C/CCCCC. The zero-order valence-electron chi connectivity index (χ0n) is 34.1. The highest BCUT2D eigenvalue weighted by Crippen LogP contribution is 2.36. The van der Waals surface area contributed by atoms with Gasteiger partial charge < -0.3 is 19.3 Å². The molecule has 0 aromatic rings. The van der Waals surface area contributed by atoms with Crippen molar-refractivity contribution < 1.29 is 37.9 Å². The predicted octanol–water partition coefficient (Wildman–Crippen LogP) is 13.1. The van der Waals surface area contributed by atoms with Gasteiger partial charge in [-0.25, -0.2) is 4.57 Å². The molecular weight excluding hydrogens is 699 g/mol. The summed E-state index contributed by atoms with van der Waals surface area (Å²) in [6, 6.07) is 0. The Kier molecular flexibility index (Phi) is 38.3. The quantitative estimate of drug-likeness (QED) is 0.0275. The van der Waals surface area contributed by atoms with E-state index in [1.165, 1.54) is 64.2 Å². The molecule has 1 atom stereocenters. The summed E-state index contributed by atoms with van der Waals surface area (Å²) in [5.41, 5.74) is 0. The normalized spacial score (nSPS) is 13.2. The molecule has 8 nitrogen and oxygen atoms in total. The first kappa shape index (κ1) is 51.5. The van der Waals surface area contributed by atoms with Gasteiger partial charge in [-0.15, -0.1) is 0 Å². The molecule has 0 bridgehead atoms. The first-order valence-corrected chi connectivity index (χ1v) is 22.8. The lowest BCUT2D eigenvalue weighted by Crippen LogP contribution is -2.29. The van der Waals surface area contributed by atoms with Crippen molar-refractivity contribution in [3.05, 3.63) is 72.9 Å². The Morgan fingerprint density at radius 3 is 1.33 bits per heavy atom. The number of phosphoric ester groups is 1. The average Bonchev–Trinajstić information content (AvgIpc) is 3.14. The lowest BCUT2D eigenvalue weighted by Gasteiger charge is -2.18. The fourth-order valence-electron chi connectivity index (χ4n) is 5.51. The molecule has 0 amide bonds. The molecule has 310 valence electrons. The summed E-state index contributed by atoms with van der Waals surface area (Å²) in [6.07, 6.45) is 51.9. The molecule has 0 heterocycles. The smallest absolute Gasteiger partial charge is 0.462 e. The second-order valence-corrected chi connectivity index (χ2v) is 15.2. The van der Waals surface area contributed by atoms with Gasteiger partial charge >= 0.3 is 19.8 Å². The third-order valence-electron chi connectivity index (χ3n) is 8.68. The monoisotopic (exact) mass is 777 g/mol. The molecule has 0 aliphatic carbocycles. The Hall–Kier alpha value is -2.51. The summed E-state index contributed by atoms with van der Waals surface area (Å²) < 4.78 is 26.4. The minimum atomic E-state index is -4.77. The number of carbonyl (C=O) groups is 2. The Morgan fingerprint density at radius 1 is 0.481 bits per heavy atom. The first-order valence-electron chi connectivity index (χ1n) is 21.2. The van der Waals surface area contributed by atoms with Crippen molar-refractivity contribution in [3.8, 4) is 0 Å². The summed E-state index contributed by atoms with van der Waals surface area (Å²) in [5.74, 6) is -0.930. The molecule has 9 heteroatoms. The predicted molar refractivity (Wildman–Crippen MR) is 225 cm³/mol. The van der Waals surface area contributed by atoms with Crippen molar-refractivity contribution >= 4 is 19.8 Å². The number of unbranched alkanes of at least 4 members (excludes halogenated alkanes) is 16. The molecule has 0 radical (unpaired) electrons. The minimum absolute atomic E-state index is 0.196. The Balaban J connectivity index is 3.99. The van der Waals surface area contributed by atoms with Crippen LogP contribution in [-0.4, -0.2) is 41.0 Å². The minimum Gasteiger partial charge on any atom is -0.462 e. The van der Waals surface area contributed by atoms with Gasteiger partial charge in [0.2, 0.25) is 0 Å². The van der Waals surface area contributed by atoms with Crippen molar-refractivity contribution in [3.63, 3.8) is 0 Å². The zero-order valence-corrected chi connectivity index (χ0v) is 35.0. The molecule has 0 rings (SSSR count). The summed E-state index contributed by atoms with van der Waals surface area (Å²) in [7, 11) is -4.77. The molecule has 0 aliphatic rings. The van der Waals surface area contributed by atoms with Crippen molar-refractivity contribution in [2.24, 2.45) is 0 Å². The lowest BCUT2D eigenvalue weighted by molar-refractivity contribution is -0.161. The van der Waals surface area contributed by atoms with E-state index >= 15 is 0 Å². The molecule has 0 saturated heterocycles. The van der Waals surface area contributed by atoms with Gasteiger partial charge in [0.25, 0.3) is 0 Å². The van der Waals surface area contributed by atoms with E-state index in [0.717, 1.165) is 77.0 Å². The summed E-state index contributed by atoms with van der Waals surface area (Å²) >= 11 is 0. The van der Waals surface area contributed by atoms with Crippen LogP contribution in [0.1, 0.15) is 181 Å². The summed E-state index contributed by atoms with van der Waals surface area (Å²) in [5, 5.41) is 0. The van der Waals surface area contributed by atoms with Gasteiger partial charge in [-0.05, 0) is 83.5 Å². The van der Waals surface area contributed by atoms with Gasteiger partial charge in [0.1, 0.15) is 6.61 Å². The number of hydrogen-bond acceptors (Lipinski definition) is 6. The highest BCUT2D eigenvalue weighted by atomic mass is 31.2. The molecule has 0 spiro atoms. The van der Waals surface area contributed by atoms with Crippen LogP contribution in [0.3, 0.4) is 0 Å². The maximum Gasteiger partial charge on any atom is 0.469 e. The second-order valence-electron chi connectivity index (χ2n) is 14.0. The maximum absolute atomic E-state index is 12.4. The standard InChI is InChI=1S/C45H77O8P/c1-3-5-7-9-11-13-15-17-19-21-22-24-26-28-30-32-34-36-38-40-45(47)53-43(42-52-54(48,49)50)41-51-44(46)39-37-35-33-31-29-27-25-23-20-18-16-14-12-10-8-6-4-2/h8,10-11,13-14,16-17,19-20,23,27,29,43H,3-7,9,12,15,18,21-22,24-26,28,30-42H2,1-2H3,(H2,48,49,50)/b10-8+,13-11+,16-14+,19-17+,23-20+,29-27+/t43-/m1/s1. The van der Waals surface area contributed by atoms with Gasteiger partial charge in [0, 0.05) is 12.8 Å². The molecule has 0 fully saturated rings. The van der Waals surface area contributed by atoms with E-state index in [4.69, 9.17) is 19.3 Å². The maximum atomic E-state index is 12.4. The third kappa shape index (κ3) is 42.2. The lowest BCUT2D eigenvalue weighted by atomic mass is 10.1. The second kappa shape index (κ2) is 40.2. The number of phosphoric acid groups is 1. The van der Waals surface area contributed by atoms with E-state index in [9.17, 15) is 14.2 Å². The number of carbonyl (C=O) groups excluding carboxylic acids is 2. The highest BCUT2D eigenvalue weighted by molar-refractivity contribution is 7.46. The van der Waals surface area contributed by atoms with E-state index in [-0.39, 0.29) is 19.4 Å². The largest absolute Gasteiger partial charge is 0.469 e. The van der Waals surface area contributed by atoms with E-state index in [2.05, 4.69) is 91.3 Å². The van der Waals surface area contributed by atoms with Crippen LogP contribution in [0.5, 0.6) is 0 Å². The van der Waals surface area contributed by atoms with E-state index in [1.54, 1.807) is 0 Å². The van der Waals surface area contributed by atoms with E-state index in [1.807, 2.05) is 0 Å². The van der Waals surface area contributed by atoms with Crippen molar-refractivity contribution in [2.75, 3.05) is 13.2 Å². The molecule has 0 aromatic heterocycles. The fourth-order valence-corrected chi connectivity index (χ4v) is 5.87. The van der Waals surface area contributed by atoms with Gasteiger partial charge in [0.15, 0.2) is 6.10 Å².